The highest BCUT2D eigenvalue weighted by Gasteiger charge is 2.66. The topological polar surface area (TPSA) is 224 Å². The Balaban J connectivity index is 1.43. The number of nitrogens with one attached hydrogen (secondary N) is 2. The maximum Gasteiger partial charge on any atom is 0.403 e. The van der Waals surface area contributed by atoms with E-state index in [2.05, 4.69) is 20.0 Å². The molecule has 7 N–H and O–H groups in total. The molecular weight excluding hydrogens is 499 g/mol. The Morgan fingerprint density at radius 1 is 1.50 bits per heavy atom. The number of imidazole rings is 1. The van der Waals surface area contributed by atoms with E-state index in [1.165, 1.54) is 10.9 Å². The van der Waals surface area contributed by atoms with Crippen molar-refractivity contribution in [2.24, 2.45) is 5.92 Å². The lowest BCUT2D eigenvalue weighted by Gasteiger charge is -2.47. The Hall–Kier alpha value is -2.39. The maximum atomic E-state index is 12.6. The first kappa shape index (κ1) is 26.7. The number of aromatic amines is 1. The minimum atomic E-state index is -4.51. The number of esters is 1. The summed E-state index contributed by atoms with van der Waals surface area (Å²) in [6.45, 7) is 4.88. The number of H-pyrrole nitrogens is 1. The van der Waals surface area contributed by atoms with Gasteiger partial charge in [0.1, 0.15) is 30.0 Å². The van der Waals surface area contributed by atoms with E-state index < -0.39 is 61.9 Å². The number of anilines is 1. The first-order valence-electron chi connectivity index (χ1n) is 11.6. The molecule has 1 saturated carbocycles. The summed E-state index contributed by atoms with van der Waals surface area (Å²) in [5, 5.41) is 23.9. The van der Waals surface area contributed by atoms with Crippen molar-refractivity contribution < 1.29 is 38.5 Å². The second-order valence-corrected chi connectivity index (χ2v) is 11.0. The quantitative estimate of drug-likeness (QED) is 0.163. The number of aliphatic hydroxyl groups is 2. The van der Waals surface area contributed by atoms with Crippen molar-refractivity contribution >= 4 is 30.8 Å². The number of carbonyl (C=O) groups excluding carboxylic acids is 1. The van der Waals surface area contributed by atoms with E-state index in [9.17, 15) is 29.3 Å². The average Bonchev–Trinajstić information content (AvgIpc) is 3.26. The van der Waals surface area contributed by atoms with E-state index >= 15 is 0 Å². The minimum Gasteiger partial charge on any atom is -0.465 e. The smallest absolute Gasteiger partial charge is 0.403 e. The molecule has 1 saturated heterocycles. The first-order chi connectivity index (χ1) is 16.9. The van der Waals surface area contributed by atoms with E-state index in [1.807, 2.05) is 13.8 Å². The van der Waals surface area contributed by atoms with Crippen molar-refractivity contribution in [2.45, 2.75) is 69.6 Å². The van der Waals surface area contributed by atoms with Crippen LogP contribution in [0.5, 0.6) is 0 Å². The van der Waals surface area contributed by atoms with Crippen LogP contribution >= 0.6 is 7.75 Å². The zero-order valence-electron chi connectivity index (χ0n) is 20.0. The molecule has 0 aromatic carbocycles. The molecule has 2 aromatic rings. The summed E-state index contributed by atoms with van der Waals surface area (Å²) in [5.74, 6) is -0.766. The van der Waals surface area contributed by atoms with Gasteiger partial charge >= 0.3 is 13.7 Å². The second-order valence-electron chi connectivity index (χ2n) is 9.46. The number of rotatable bonds is 10. The normalized spacial score (nSPS) is 30.1. The minimum absolute atomic E-state index is 0.0216. The fourth-order valence-corrected chi connectivity index (χ4v) is 5.73. The molecule has 0 radical (unpaired) electrons. The van der Waals surface area contributed by atoms with E-state index in [1.54, 1.807) is 6.92 Å². The average molecular weight is 530 g/mol. The van der Waals surface area contributed by atoms with Crippen molar-refractivity contribution in [3.8, 4) is 0 Å². The molecule has 0 amide bonds. The highest BCUT2D eigenvalue weighted by atomic mass is 31.2. The molecular formula is C20H31N6O9P. The summed E-state index contributed by atoms with van der Waals surface area (Å²) in [6.07, 6.45) is -1.85. The van der Waals surface area contributed by atoms with E-state index in [-0.39, 0.29) is 42.5 Å². The molecule has 7 atom stereocenters. The second kappa shape index (κ2) is 9.82. The number of ether oxygens (including phenoxy) is 2. The Bertz CT molecular complexity index is 1230. The van der Waals surface area contributed by atoms with Crippen LogP contribution < -0.4 is 16.4 Å². The van der Waals surface area contributed by atoms with Crippen molar-refractivity contribution in [1.29, 1.82) is 0 Å². The molecule has 2 aliphatic rings. The molecule has 200 valence electrons. The van der Waals surface area contributed by atoms with Gasteiger partial charge in [0.2, 0.25) is 5.95 Å². The summed E-state index contributed by atoms with van der Waals surface area (Å²) >= 11 is 0. The van der Waals surface area contributed by atoms with Gasteiger partial charge in [-0.3, -0.25) is 19.1 Å². The number of fused-ring (bicyclic) bond motifs is 2. The van der Waals surface area contributed by atoms with Gasteiger partial charge in [-0.05, 0) is 19.3 Å². The summed E-state index contributed by atoms with van der Waals surface area (Å²) in [5.41, 5.74) is 3.72. The Morgan fingerprint density at radius 2 is 2.22 bits per heavy atom. The predicted molar refractivity (Wildman–Crippen MR) is 125 cm³/mol. The number of carbonyl (C=O) groups is 1. The molecule has 3 unspecified atom stereocenters. The summed E-state index contributed by atoms with van der Waals surface area (Å²) in [4.78, 5) is 45.0. The lowest BCUT2D eigenvalue weighted by Crippen LogP contribution is -2.61. The molecule has 3 heterocycles. The lowest BCUT2D eigenvalue weighted by molar-refractivity contribution is -0.170. The van der Waals surface area contributed by atoms with Crippen LogP contribution in [0.1, 0.15) is 39.7 Å². The van der Waals surface area contributed by atoms with Crippen LogP contribution in [0, 0.1) is 5.92 Å². The van der Waals surface area contributed by atoms with E-state index in [0.717, 1.165) is 0 Å². The van der Waals surface area contributed by atoms with Crippen LogP contribution in [-0.4, -0.2) is 83.8 Å². The number of nitrogens with two attached hydrogens (primary N) is 1. The Morgan fingerprint density at radius 3 is 2.89 bits per heavy atom. The van der Waals surface area contributed by atoms with Gasteiger partial charge in [-0.2, -0.15) is 4.98 Å². The molecule has 15 nitrogen and oxygen atoms in total. The zero-order valence-corrected chi connectivity index (χ0v) is 20.9. The summed E-state index contributed by atoms with van der Waals surface area (Å²) < 4.78 is 30.1. The van der Waals surface area contributed by atoms with Gasteiger partial charge in [0.25, 0.3) is 5.56 Å². The standard InChI is InChI=1S/C20H31N6O9P/c1-4-33-18(29)10(5-9(2)3)25-36(31,32)34-7-12-14(27)20(30)6-11(15(20)35-12)26-8-22-13-16(26)23-19(21)24-17(13)28/h8-12,14-15,27,30H,4-7H2,1-3H3,(H2,25,31,32)(H3,21,23,24,28)/t10-,11?,12+,14?,15-,20-/m0/s1. The third-order valence-electron chi connectivity index (χ3n) is 6.38. The van der Waals surface area contributed by atoms with Crippen LogP contribution in [-0.2, 0) is 23.4 Å². The van der Waals surface area contributed by atoms with E-state index in [0.29, 0.717) is 0 Å². The number of aliphatic hydroxyl groups excluding tert-OH is 1. The van der Waals surface area contributed by atoms with Gasteiger partial charge in [-0.25, -0.2) is 14.6 Å². The molecule has 1 aliphatic carbocycles. The third-order valence-corrected chi connectivity index (χ3v) is 7.52. The predicted octanol–water partition coefficient (Wildman–Crippen LogP) is -0.810. The number of nitrogens with zero attached hydrogens (tertiary/aromatic N) is 3. The number of aromatic nitrogens is 4. The molecule has 1 aliphatic heterocycles. The highest BCUT2D eigenvalue weighted by molar-refractivity contribution is 7.50. The van der Waals surface area contributed by atoms with E-state index in [4.69, 9.17) is 19.7 Å². The van der Waals surface area contributed by atoms with Crippen molar-refractivity contribution in [3.05, 3.63) is 16.7 Å². The van der Waals surface area contributed by atoms with Crippen LogP contribution in [0.15, 0.2) is 11.1 Å². The highest BCUT2D eigenvalue weighted by Crippen LogP contribution is 2.53. The largest absolute Gasteiger partial charge is 0.465 e. The first-order valence-corrected chi connectivity index (χ1v) is 13.1. The van der Waals surface area contributed by atoms with Gasteiger partial charge in [0, 0.05) is 6.42 Å². The Kier molecular flexibility index (Phi) is 7.27. The fourth-order valence-electron chi connectivity index (χ4n) is 4.70. The van der Waals surface area contributed by atoms with Crippen LogP contribution in [0.3, 0.4) is 0 Å². The zero-order chi connectivity index (χ0) is 26.4. The number of nitrogen functional groups attached to an aromatic ring is 1. The summed E-state index contributed by atoms with van der Waals surface area (Å²) in [7, 11) is -4.51. The summed E-state index contributed by atoms with van der Waals surface area (Å²) in [6, 6.07) is -1.61. The van der Waals surface area contributed by atoms with Crippen molar-refractivity contribution in [2.75, 3.05) is 18.9 Å². The van der Waals surface area contributed by atoms with Crippen molar-refractivity contribution in [1.82, 2.24) is 24.6 Å². The van der Waals surface area contributed by atoms with Crippen LogP contribution in [0.2, 0.25) is 0 Å². The molecule has 16 heteroatoms. The molecule has 2 fully saturated rings. The van der Waals surface area contributed by atoms with Crippen molar-refractivity contribution in [3.63, 3.8) is 0 Å². The third kappa shape index (κ3) is 4.92. The van der Waals surface area contributed by atoms with Gasteiger partial charge < -0.3 is 34.9 Å². The molecule has 0 spiro atoms. The van der Waals surface area contributed by atoms with Crippen LogP contribution in [0.4, 0.5) is 5.95 Å². The monoisotopic (exact) mass is 530 g/mol. The molecule has 2 aromatic heterocycles. The molecule has 4 rings (SSSR count). The van der Waals surface area contributed by atoms with Gasteiger partial charge in [0.05, 0.1) is 25.6 Å². The van der Waals surface area contributed by atoms with Gasteiger partial charge in [0.15, 0.2) is 11.2 Å². The SMILES string of the molecule is CCOC(=O)[C@H](CC(C)C)NP(=O)(O)OC[C@H]1O[C@H]2C(n3cnc4c(=O)[nH]c(N)nc43)C[C@]2(O)C1O. The maximum absolute atomic E-state index is 12.6. The fraction of sp³-hybridized carbons (Fsp3) is 0.700. The van der Waals surface area contributed by atoms with Crippen LogP contribution in [0.25, 0.3) is 11.2 Å². The van der Waals surface area contributed by atoms with Gasteiger partial charge in [-0.15, -0.1) is 0 Å². The Labute approximate surface area is 205 Å². The molecule has 36 heavy (non-hydrogen) atoms. The number of hydrogen-bond acceptors (Lipinski definition) is 11. The lowest BCUT2D eigenvalue weighted by atomic mass is 9.70. The molecule has 0 bridgehead atoms. The van der Waals surface area contributed by atoms with Gasteiger partial charge in [-0.1, -0.05) is 13.8 Å². The number of hydrogen-bond donors (Lipinski definition) is 6.